The number of carbonyl (C=O) groups is 3. The van der Waals surface area contributed by atoms with Gasteiger partial charge in [0.15, 0.2) is 6.10 Å². The van der Waals surface area contributed by atoms with Crippen molar-refractivity contribution in [2.45, 2.75) is 156 Å². The number of carbonyl (C=O) groups excluding carboxylic acids is 3. The van der Waals surface area contributed by atoms with E-state index in [2.05, 4.69) is 41.5 Å². The van der Waals surface area contributed by atoms with Crippen molar-refractivity contribution in [3.8, 4) is 0 Å². The van der Waals surface area contributed by atoms with Crippen molar-refractivity contribution < 1.29 is 42.8 Å². The van der Waals surface area contributed by atoms with E-state index in [1.165, 1.54) is 0 Å². The van der Waals surface area contributed by atoms with Crippen molar-refractivity contribution in [3.63, 3.8) is 0 Å². The van der Waals surface area contributed by atoms with Gasteiger partial charge in [0, 0.05) is 0 Å². The maximum Gasteiger partial charge on any atom is 0.508 e. The molecular weight excluding hydrogens is 540 g/mol. The molecule has 2 unspecified atom stereocenters. The molecule has 1 aliphatic carbocycles. The molecule has 0 aromatic carbocycles. The fourth-order valence-electron chi connectivity index (χ4n) is 4.91. The second-order valence-corrected chi connectivity index (χ2v) is 12.9. The van der Waals surface area contributed by atoms with Gasteiger partial charge in [-0.2, -0.15) is 0 Å². The molecule has 1 saturated carbocycles. The lowest BCUT2D eigenvalue weighted by molar-refractivity contribution is -0.126. The molecule has 0 aromatic rings. The summed E-state index contributed by atoms with van der Waals surface area (Å²) in [7, 11) is 0. The van der Waals surface area contributed by atoms with Crippen LogP contribution in [0.2, 0.25) is 0 Å². The van der Waals surface area contributed by atoms with Gasteiger partial charge in [-0.15, -0.1) is 0 Å². The van der Waals surface area contributed by atoms with Gasteiger partial charge in [0.1, 0.15) is 12.2 Å². The quantitative estimate of drug-likeness (QED) is 0.0723. The highest BCUT2D eigenvalue weighted by Gasteiger charge is 2.42. The Labute approximate surface area is 255 Å². The number of hydrogen-bond donors (Lipinski definition) is 0. The summed E-state index contributed by atoms with van der Waals surface area (Å²) >= 11 is 0. The Morgan fingerprint density at radius 2 is 0.833 bits per heavy atom. The molecule has 0 heterocycles. The van der Waals surface area contributed by atoms with Gasteiger partial charge >= 0.3 is 18.5 Å². The Morgan fingerprint density at radius 3 is 1.17 bits per heavy atom. The predicted molar refractivity (Wildman–Crippen MR) is 162 cm³/mol. The van der Waals surface area contributed by atoms with E-state index >= 15 is 0 Å². The van der Waals surface area contributed by atoms with E-state index < -0.39 is 36.8 Å². The van der Waals surface area contributed by atoms with Crippen LogP contribution >= 0.6 is 0 Å². The molecule has 0 radical (unpaired) electrons. The molecule has 246 valence electrons. The minimum absolute atomic E-state index is 0.235. The van der Waals surface area contributed by atoms with Gasteiger partial charge in [0.25, 0.3) is 0 Å². The molecule has 0 amide bonds. The SMILES string of the molecule is CC(C)CCCCCOC(=O)OC1CCCC(OC(=O)OCCCCCC(C)C)C1OC(=O)OCCCCCC(C)C. The van der Waals surface area contributed by atoms with Crippen LogP contribution in [0.15, 0.2) is 0 Å². The maximum absolute atomic E-state index is 12.6. The highest BCUT2D eigenvalue weighted by molar-refractivity contribution is 5.62. The molecular formula is C33H60O9. The topological polar surface area (TPSA) is 107 Å². The van der Waals surface area contributed by atoms with Gasteiger partial charge in [-0.3, -0.25) is 0 Å². The standard InChI is InChI=1S/C33H60O9/c1-25(2)17-10-7-13-22-37-31(34)40-28-20-16-21-29(41-32(35)38-23-14-8-11-18-26(3)4)30(28)42-33(36)39-24-15-9-12-19-27(5)6/h25-30H,7-24H2,1-6H3. The molecule has 0 saturated heterocycles. The lowest BCUT2D eigenvalue weighted by Crippen LogP contribution is -2.48. The lowest BCUT2D eigenvalue weighted by atomic mass is 9.91. The van der Waals surface area contributed by atoms with Crippen LogP contribution in [0.5, 0.6) is 0 Å². The van der Waals surface area contributed by atoms with Crippen LogP contribution in [-0.2, 0) is 28.4 Å². The zero-order chi connectivity index (χ0) is 31.2. The largest absolute Gasteiger partial charge is 0.508 e. The average molecular weight is 601 g/mol. The first kappa shape index (κ1) is 37.8. The predicted octanol–water partition coefficient (Wildman–Crippen LogP) is 9.38. The van der Waals surface area contributed by atoms with E-state index in [1.54, 1.807) is 0 Å². The molecule has 0 aliphatic heterocycles. The van der Waals surface area contributed by atoms with Crippen molar-refractivity contribution in [1.82, 2.24) is 0 Å². The number of hydrogen-bond acceptors (Lipinski definition) is 9. The second kappa shape index (κ2) is 23.3. The third-order valence-electron chi connectivity index (χ3n) is 7.37. The molecule has 0 spiro atoms. The molecule has 2 atom stereocenters. The van der Waals surface area contributed by atoms with E-state index in [1.807, 2.05) is 0 Å². The lowest BCUT2D eigenvalue weighted by Gasteiger charge is -2.35. The highest BCUT2D eigenvalue weighted by Crippen LogP contribution is 2.28. The van der Waals surface area contributed by atoms with E-state index in [4.69, 9.17) is 28.4 Å². The monoisotopic (exact) mass is 600 g/mol. The number of ether oxygens (including phenoxy) is 6. The van der Waals surface area contributed by atoms with Crippen LogP contribution < -0.4 is 0 Å². The van der Waals surface area contributed by atoms with E-state index in [-0.39, 0.29) is 19.8 Å². The second-order valence-electron chi connectivity index (χ2n) is 12.9. The molecule has 9 heteroatoms. The zero-order valence-corrected chi connectivity index (χ0v) is 27.4. The normalized spacial score (nSPS) is 18.6. The zero-order valence-electron chi connectivity index (χ0n) is 27.4. The van der Waals surface area contributed by atoms with E-state index in [0.29, 0.717) is 37.0 Å². The van der Waals surface area contributed by atoms with Gasteiger partial charge in [-0.05, 0) is 56.3 Å². The third kappa shape index (κ3) is 19.8. The van der Waals surface area contributed by atoms with Crippen LogP contribution in [0.1, 0.15) is 138 Å². The van der Waals surface area contributed by atoms with E-state index in [0.717, 1.165) is 77.0 Å². The number of unbranched alkanes of at least 4 members (excludes halogenated alkanes) is 6. The molecule has 1 aliphatic rings. The summed E-state index contributed by atoms with van der Waals surface area (Å²) in [4.78, 5) is 37.5. The van der Waals surface area contributed by atoms with Gasteiger partial charge < -0.3 is 28.4 Å². The Morgan fingerprint density at radius 1 is 0.500 bits per heavy atom. The minimum atomic E-state index is -1.01. The molecule has 1 rings (SSSR count). The Bertz CT molecular complexity index is 680. The average Bonchev–Trinajstić information content (AvgIpc) is 2.91. The smallest absolute Gasteiger partial charge is 0.434 e. The third-order valence-corrected chi connectivity index (χ3v) is 7.37. The fourth-order valence-corrected chi connectivity index (χ4v) is 4.91. The van der Waals surface area contributed by atoms with Crippen molar-refractivity contribution in [1.29, 1.82) is 0 Å². The molecule has 0 bridgehead atoms. The summed E-state index contributed by atoms with van der Waals surface area (Å²) in [6.45, 7) is 13.9. The Hall–Kier alpha value is -2.19. The van der Waals surface area contributed by atoms with Crippen molar-refractivity contribution in [2.24, 2.45) is 17.8 Å². The Balaban J connectivity index is 2.62. The van der Waals surface area contributed by atoms with Gasteiger partial charge in [0.05, 0.1) is 19.8 Å². The summed E-state index contributed by atoms with van der Waals surface area (Å²) in [6, 6.07) is 0. The van der Waals surface area contributed by atoms with Crippen LogP contribution in [0, 0.1) is 17.8 Å². The molecule has 0 N–H and O–H groups in total. The summed E-state index contributed by atoms with van der Waals surface area (Å²) in [5, 5.41) is 0. The van der Waals surface area contributed by atoms with Crippen LogP contribution in [0.3, 0.4) is 0 Å². The summed E-state index contributed by atoms with van der Waals surface area (Å²) in [5.41, 5.74) is 0. The van der Waals surface area contributed by atoms with Gasteiger partial charge in [-0.25, -0.2) is 14.4 Å². The maximum atomic E-state index is 12.6. The van der Waals surface area contributed by atoms with Crippen LogP contribution in [-0.4, -0.2) is 56.6 Å². The minimum Gasteiger partial charge on any atom is -0.434 e. The summed E-state index contributed by atoms with van der Waals surface area (Å²) in [5.74, 6) is 1.94. The van der Waals surface area contributed by atoms with Gasteiger partial charge in [-0.1, -0.05) is 99.3 Å². The molecule has 9 nitrogen and oxygen atoms in total. The highest BCUT2D eigenvalue weighted by atomic mass is 16.8. The first-order chi connectivity index (χ1) is 20.1. The van der Waals surface area contributed by atoms with Crippen molar-refractivity contribution in [2.75, 3.05) is 19.8 Å². The summed E-state index contributed by atoms with van der Waals surface area (Å²) in [6.07, 6.45) is 8.15. The van der Waals surface area contributed by atoms with Crippen LogP contribution in [0.4, 0.5) is 14.4 Å². The number of rotatable bonds is 21. The summed E-state index contributed by atoms with van der Waals surface area (Å²) < 4.78 is 32.6. The van der Waals surface area contributed by atoms with Crippen molar-refractivity contribution in [3.05, 3.63) is 0 Å². The first-order valence-electron chi connectivity index (χ1n) is 16.6. The molecule has 1 fully saturated rings. The molecule has 0 aromatic heterocycles. The van der Waals surface area contributed by atoms with E-state index in [9.17, 15) is 14.4 Å². The fraction of sp³-hybridized carbons (Fsp3) is 0.909. The van der Waals surface area contributed by atoms with Crippen molar-refractivity contribution >= 4 is 18.5 Å². The molecule has 42 heavy (non-hydrogen) atoms. The van der Waals surface area contributed by atoms with Crippen LogP contribution in [0.25, 0.3) is 0 Å². The Kier molecular flexibility index (Phi) is 21.0. The van der Waals surface area contributed by atoms with Gasteiger partial charge in [0.2, 0.25) is 0 Å². The first-order valence-corrected chi connectivity index (χ1v) is 16.6.